The summed E-state index contributed by atoms with van der Waals surface area (Å²) < 4.78 is 3.90. The average molecular weight is 220 g/mol. The highest BCUT2D eigenvalue weighted by Gasteiger charge is 2.10. The molecular formula is C8H8N6S. The lowest BCUT2D eigenvalue weighted by atomic mass is 10.3. The minimum Gasteiger partial charge on any atom is -0.382 e. The van der Waals surface area contributed by atoms with Crippen molar-refractivity contribution in [1.82, 2.24) is 14.6 Å². The Kier molecular flexibility index (Phi) is 2.51. The van der Waals surface area contributed by atoms with Crippen LogP contribution in [0.1, 0.15) is 11.3 Å². The smallest absolute Gasteiger partial charge is 0.157 e. The van der Waals surface area contributed by atoms with Gasteiger partial charge in [0.25, 0.3) is 0 Å². The molecule has 6 nitrogen and oxygen atoms in total. The van der Waals surface area contributed by atoms with E-state index in [1.165, 1.54) is 11.5 Å². The molecule has 2 rings (SSSR count). The Bertz CT molecular complexity index is 480. The normalized spacial score (nSPS) is 9.80. The summed E-state index contributed by atoms with van der Waals surface area (Å²) >= 11 is 1.18. The van der Waals surface area contributed by atoms with Crippen molar-refractivity contribution >= 4 is 22.4 Å². The highest BCUT2D eigenvalue weighted by molar-refractivity contribution is 7.10. The van der Waals surface area contributed by atoms with Crippen molar-refractivity contribution in [3.8, 4) is 6.07 Å². The van der Waals surface area contributed by atoms with Gasteiger partial charge >= 0.3 is 0 Å². The molecule has 0 saturated heterocycles. The van der Waals surface area contributed by atoms with E-state index in [9.17, 15) is 0 Å². The van der Waals surface area contributed by atoms with Gasteiger partial charge in [0.05, 0.1) is 12.2 Å². The van der Waals surface area contributed by atoms with Crippen LogP contribution in [0.5, 0.6) is 0 Å². The zero-order valence-electron chi connectivity index (χ0n) is 7.69. The van der Waals surface area contributed by atoms with Gasteiger partial charge in [0.15, 0.2) is 5.82 Å². The van der Waals surface area contributed by atoms with E-state index >= 15 is 0 Å². The fraction of sp³-hybridized carbons (Fsp3) is 0.125. The molecule has 0 fully saturated rings. The molecule has 0 aliphatic rings. The van der Waals surface area contributed by atoms with E-state index in [0.29, 0.717) is 17.1 Å². The SMILES string of the molecule is N#Cc1c(N)nsc1NCc1ccn[nH]1. The summed E-state index contributed by atoms with van der Waals surface area (Å²) in [4.78, 5) is 0. The summed E-state index contributed by atoms with van der Waals surface area (Å²) in [5.74, 6) is 0.273. The van der Waals surface area contributed by atoms with Crippen LogP contribution in [0.25, 0.3) is 0 Å². The topological polar surface area (TPSA) is 103 Å². The Hall–Kier alpha value is -2.07. The number of rotatable bonds is 3. The van der Waals surface area contributed by atoms with Crippen LogP contribution in [0.3, 0.4) is 0 Å². The van der Waals surface area contributed by atoms with Gasteiger partial charge in [0.2, 0.25) is 0 Å². The van der Waals surface area contributed by atoms with Crippen molar-refractivity contribution < 1.29 is 0 Å². The molecule has 2 aromatic rings. The van der Waals surface area contributed by atoms with Gasteiger partial charge in [-0.25, -0.2) is 0 Å². The quantitative estimate of drug-likeness (QED) is 0.714. The third kappa shape index (κ3) is 1.89. The monoisotopic (exact) mass is 220 g/mol. The number of nitrogens with zero attached hydrogens (tertiary/aromatic N) is 3. The molecular weight excluding hydrogens is 212 g/mol. The lowest BCUT2D eigenvalue weighted by Crippen LogP contribution is -2.00. The van der Waals surface area contributed by atoms with E-state index in [-0.39, 0.29) is 5.82 Å². The molecule has 0 unspecified atom stereocenters. The van der Waals surface area contributed by atoms with Crippen LogP contribution < -0.4 is 11.1 Å². The van der Waals surface area contributed by atoms with Crippen LogP contribution in [0.4, 0.5) is 10.8 Å². The predicted octanol–water partition coefficient (Wildman–Crippen LogP) is 0.932. The maximum atomic E-state index is 8.82. The first-order chi connectivity index (χ1) is 7.31. The van der Waals surface area contributed by atoms with Gasteiger partial charge in [-0.2, -0.15) is 14.7 Å². The summed E-state index contributed by atoms with van der Waals surface area (Å²) in [6, 6.07) is 3.86. The van der Waals surface area contributed by atoms with Crippen LogP contribution in [0, 0.1) is 11.3 Å². The Balaban J connectivity index is 2.09. The van der Waals surface area contributed by atoms with Gasteiger partial charge in [-0.15, -0.1) is 0 Å². The van der Waals surface area contributed by atoms with Gasteiger partial charge in [-0.1, -0.05) is 0 Å². The second-order valence-corrected chi connectivity index (χ2v) is 3.59. The third-order valence-electron chi connectivity index (χ3n) is 1.83. The largest absolute Gasteiger partial charge is 0.382 e. The van der Waals surface area contributed by atoms with E-state index in [1.54, 1.807) is 6.20 Å². The zero-order valence-corrected chi connectivity index (χ0v) is 8.51. The van der Waals surface area contributed by atoms with E-state index in [1.807, 2.05) is 12.1 Å². The maximum absolute atomic E-state index is 8.82. The van der Waals surface area contributed by atoms with Crippen molar-refractivity contribution in [2.45, 2.75) is 6.54 Å². The van der Waals surface area contributed by atoms with Gasteiger partial charge < -0.3 is 11.1 Å². The first kappa shape index (κ1) is 9.48. The first-order valence-electron chi connectivity index (χ1n) is 4.18. The first-order valence-corrected chi connectivity index (χ1v) is 4.96. The van der Waals surface area contributed by atoms with Gasteiger partial charge in [-0.05, 0) is 17.6 Å². The minimum absolute atomic E-state index is 0.273. The average Bonchev–Trinajstić information content (AvgIpc) is 2.84. The standard InChI is InChI=1S/C8H8N6S/c9-3-6-7(10)14-15-8(6)11-4-5-1-2-12-13-5/h1-2,11H,4H2,(H2,10,14)(H,12,13). The number of H-pyrrole nitrogens is 1. The van der Waals surface area contributed by atoms with E-state index < -0.39 is 0 Å². The Morgan fingerprint density at radius 1 is 1.67 bits per heavy atom. The molecule has 0 radical (unpaired) electrons. The molecule has 0 aromatic carbocycles. The van der Waals surface area contributed by atoms with E-state index in [0.717, 1.165) is 5.69 Å². The molecule has 2 heterocycles. The Labute approximate surface area is 89.9 Å². The van der Waals surface area contributed by atoms with Crippen LogP contribution in [0.2, 0.25) is 0 Å². The number of hydrogen-bond acceptors (Lipinski definition) is 6. The molecule has 2 aromatic heterocycles. The molecule has 4 N–H and O–H groups in total. The van der Waals surface area contributed by atoms with Crippen molar-refractivity contribution in [1.29, 1.82) is 5.26 Å². The molecule has 7 heteroatoms. The molecule has 0 bridgehead atoms. The van der Waals surface area contributed by atoms with Crippen LogP contribution >= 0.6 is 11.5 Å². The summed E-state index contributed by atoms with van der Waals surface area (Å²) in [6.45, 7) is 0.566. The van der Waals surface area contributed by atoms with Gasteiger partial charge in [0, 0.05) is 6.20 Å². The molecule has 0 atom stereocenters. The van der Waals surface area contributed by atoms with Crippen molar-refractivity contribution in [2.24, 2.45) is 0 Å². The molecule has 0 amide bonds. The molecule has 0 aliphatic carbocycles. The molecule has 15 heavy (non-hydrogen) atoms. The fourth-order valence-corrected chi connectivity index (χ4v) is 1.75. The lowest BCUT2D eigenvalue weighted by molar-refractivity contribution is 0.984. The molecule has 0 saturated carbocycles. The summed E-state index contributed by atoms with van der Waals surface area (Å²) in [5.41, 5.74) is 6.86. The molecule has 76 valence electrons. The van der Waals surface area contributed by atoms with Crippen LogP contribution in [0.15, 0.2) is 12.3 Å². The Morgan fingerprint density at radius 3 is 3.20 bits per heavy atom. The van der Waals surface area contributed by atoms with Crippen LogP contribution in [-0.2, 0) is 6.54 Å². The lowest BCUT2D eigenvalue weighted by Gasteiger charge is -2.00. The molecule has 0 aliphatic heterocycles. The number of nitrogens with one attached hydrogen (secondary N) is 2. The number of aromatic amines is 1. The summed E-state index contributed by atoms with van der Waals surface area (Å²) in [5, 5.41) is 19.2. The van der Waals surface area contributed by atoms with Crippen molar-refractivity contribution in [2.75, 3.05) is 11.1 Å². The van der Waals surface area contributed by atoms with Crippen LogP contribution in [-0.4, -0.2) is 14.6 Å². The summed E-state index contributed by atoms with van der Waals surface area (Å²) in [6.07, 6.45) is 1.67. The number of nitriles is 1. The minimum atomic E-state index is 0.273. The zero-order chi connectivity index (χ0) is 10.7. The number of anilines is 2. The second-order valence-electron chi connectivity index (χ2n) is 2.82. The maximum Gasteiger partial charge on any atom is 0.157 e. The van der Waals surface area contributed by atoms with E-state index in [2.05, 4.69) is 19.9 Å². The summed E-state index contributed by atoms with van der Waals surface area (Å²) in [7, 11) is 0. The van der Waals surface area contributed by atoms with E-state index in [4.69, 9.17) is 11.0 Å². The Morgan fingerprint density at radius 2 is 2.53 bits per heavy atom. The molecule has 0 spiro atoms. The second kappa shape index (κ2) is 3.98. The number of aromatic nitrogens is 3. The third-order valence-corrected chi connectivity index (χ3v) is 2.65. The number of nitrogens with two attached hydrogens (primary N) is 1. The fourth-order valence-electron chi connectivity index (χ4n) is 1.09. The highest BCUT2D eigenvalue weighted by Crippen LogP contribution is 2.25. The van der Waals surface area contributed by atoms with Crippen molar-refractivity contribution in [3.63, 3.8) is 0 Å². The van der Waals surface area contributed by atoms with Gasteiger partial charge in [-0.3, -0.25) is 5.10 Å². The number of hydrogen-bond donors (Lipinski definition) is 3. The van der Waals surface area contributed by atoms with Crippen molar-refractivity contribution in [3.05, 3.63) is 23.5 Å². The van der Waals surface area contributed by atoms with Gasteiger partial charge in [0.1, 0.15) is 16.6 Å². The predicted molar refractivity (Wildman–Crippen MR) is 57.2 cm³/mol. The highest BCUT2D eigenvalue weighted by atomic mass is 32.1. The number of nitrogen functional groups attached to an aromatic ring is 1.